The number of hydrogen-bond acceptors (Lipinski definition) is 3. The Morgan fingerprint density at radius 1 is 1.20 bits per heavy atom. The van der Waals surface area contributed by atoms with Crippen LogP contribution in [0.15, 0.2) is 24.3 Å². The summed E-state index contributed by atoms with van der Waals surface area (Å²) in [6.07, 6.45) is 3.70. The number of aromatic nitrogens is 1. The lowest BCUT2D eigenvalue weighted by Crippen LogP contribution is -2.06. The van der Waals surface area contributed by atoms with Crippen molar-refractivity contribution in [3.05, 3.63) is 45.4 Å². The number of nitrogens with one attached hydrogen (secondary N) is 1. The van der Waals surface area contributed by atoms with Gasteiger partial charge in [-0.1, -0.05) is 25.5 Å². The number of thiazole rings is 1. The van der Waals surface area contributed by atoms with Gasteiger partial charge in [-0.3, -0.25) is 0 Å². The highest BCUT2D eigenvalue weighted by atomic mass is 32.1. The van der Waals surface area contributed by atoms with E-state index in [-0.39, 0.29) is 0 Å². The molecule has 0 saturated heterocycles. The molecule has 3 heteroatoms. The van der Waals surface area contributed by atoms with E-state index >= 15 is 0 Å². The van der Waals surface area contributed by atoms with Gasteiger partial charge in [-0.15, -0.1) is 11.3 Å². The summed E-state index contributed by atoms with van der Waals surface area (Å²) >= 11 is 1.78. The number of hydrogen-bond donors (Lipinski definition) is 1. The van der Waals surface area contributed by atoms with Crippen molar-refractivity contribution in [2.45, 2.75) is 53.0 Å². The Kier molecular flexibility index (Phi) is 5.18. The molecular weight excluding hydrogens is 264 g/mol. The molecule has 0 aliphatic carbocycles. The minimum atomic E-state index is 0.308. The number of anilines is 1. The predicted molar refractivity (Wildman–Crippen MR) is 88.7 cm³/mol. The minimum absolute atomic E-state index is 0.308. The molecule has 108 valence electrons. The van der Waals surface area contributed by atoms with Crippen LogP contribution in [0.1, 0.15) is 53.9 Å². The van der Waals surface area contributed by atoms with Gasteiger partial charge in [0.25, 0.3) is 0 Å². The molecule has 0 bridgehead atoms. The van der Waals surface area contributed by atoms with Crippen molar-refractivity contribution in [2.75, 3.05) is 5.32 Å². The summed E-state index contributed by atoms with van der Waals surface area (Å²) in [6, 6.07) is 9.14. The van der Waals surface area contributed by atoms with Crippen LogP contribution >= 0.6 is 11.3 Å². The van der Waals surface area contributed by atoms with Gasteiger partial charge in [0.2, 0.25) is 0 Å². The van der Waals surface area contributed by atoms with Crippen LogP contribution in [0, 0.1) is 13.8 Å². The monoisotopic (exact) mass is 288 g/mol. The van der Waals surface area contributed by atoms with Crippen LogP contribution in [0.2, 0.25) is 0 Å². The van der Waals surface area contributed by atoms with Crippen molar-refractivity contribution in [1.82, 2.24) is 4.98 Å². The first kappa shape index (κ1) is 15.0. The van der Waals surface area contributed by atoms with E-state index in [1.54, 1.807) is 11.3 Å². The molecule has 1 unspecified atom stereocenters. The smallest absolute Gasteiger partial charge is 0.0900 e. The van der Waals surface area contributed by atoms with Crippen LogP contribution in [0.25, 0.3) is 0 Å². The fourth-order valence-corrected chi connectivity index (χ4v) is 3.34. The van der Waals surface area contributed by atoms with E-state index in [4.69, 9.17) is 0 Å². The second-order valence-electron chi connectivity index (χ2n) is 5.35. The molecule has 0 radical (unpaired) electrons. The zero-order chi connectivity index (χ0) is 14.5. The van der Waals surface area contributed by atoms with Gasteiger partial charge in [-0.25, -0.2) is 4.98 Å². The molecule has 1 aromatic carbocycles. The van der Waals surface area contributed by atoms with Crippen molar-refractivity contribution in [1.29, 1.82) is 0 Å². The lowest BCUT2D eigenvalue weighted by Gasteiger charge is -2.14. The summed E-state index contributed by atoms with van der Waals surface area (Å²) in [7, 11) is 0. The van der Waals surface area contributed by atoms with Crippen LogP contribution in [0.4, 0.5) is 5.69 Å². The third kappa shape index (κ3) is 3.83. The highest BCUT2D eigenvalue weighted by Crippen LogP contribution is 2.27. The number of unbranched alkanes of at least 4 members (excludes halogenated alkanes) is 1. The zero-order valence-electron chi connectivity index (χ0n) is 12.9. The number of nitrogens with zero attached hydrogens (tertiary/aromatic N) is 1. The van der Waals surface area contributed by atoms with Crippen molar-refractivity contribution in [2.24, 2.45) is 0 Å². The summed E-state index contributed by atoms with van der Waals surface area (Å²) in [5.74, 6) is 0. The van der Waals surface area contributed by atoms with Gasteiger partial charge < -0.3 is 5.32 Å². The molecule has 2 rings (SSSR count). The lowest BCUT2D eigenvalue weighted by molar-refractivity contribution is 0.795. The van der Waals surface area contributed by atoms with Crippen LogP contribution in [0.5, 0.6) is 0 Å². The maximum Gasteiger partial charge on any atom is 0.0900 e. The fourth-order valence-electron chi connectivity index (χ4n) is 2.41. The van der Waals surface area contributed by atoms with E-state index < -0.39 is 0 Å². The van der Waals surface area contributed by atoms with Gasteiger partial charge in [0.05, 0.1) is 16.7 Å². The standard InChI is InChI=1S/C17H24N2S/c1-5-6-7-15-8-10-16(11-9-15)19-13(3)17-12(2)18-14(4)20-17/h8-11,13,19H,5-7H2,1-4H3. The van der Waals surface area contributed by atoms with E-state index in [1.165, 1.54) is 35.4 Å². The fraction of sp³-hybridized carbons (Fsp3) is 0.471. The second-order valence-corrected chi connectivity index (χ2v) is 6.58. The van der Waals surface area contributed by atoms with Crippen LogP contribution in [0.3, 0.4) is 0 Å². The van der Waals surface area contributed by atoms with Crippen molar-refractivity contribution in [3.63, 3.8) is 0 Å². The highest BCUT2D eigenvalue weighted by molar-refractivity contribution is 7.11. The molecule has 0 fully saturated rings. The number of aryl methyl sites for hydroxylation is 3. The Labute approximate surface area is 126 Å². The zero-order valence-corrected chi connectivity index (χ0v) is 13.7. The quantitative estimate of drug-likeness (QED) is 0.782. The third-order valence-electron chi connectivity index (χ3n) is 3.49. The van der Waals surface area contributed by atoms with E-state index in [2.05, 4.69) is 62.3 Å². The largest absolute Gasteiger partial charge is 0.378 e. The molecule has 0 aliphatic rings. The van der Waals surface area contributed by atoms with Gasteiger partial charge in [0.1, 0.15) is 0 Å². The van der Waals surface area contributed by atoms with E-state index in [0.29, 0.717) is 6.04 Å². The molecule has 1 aromatic heterocycles. The molecule has 0 aliphatic heterocycles. The molecule has 1 N–H and O–H groups in total. The van der Waals surface area contributed by atoms with Gasteiger partial charge in [-0.2, -0.15) is 0 Å². The maximum absolute atomic E-state index is 4.50. The van der Waals surface area contributed by atoms with Gasteiger partial charge in [-0.05, 0) is 51.3 Å². The van der Waals surface area contributed by atoms with Crippen LogP contribution in [-0.2, 0) is 6.42 Å². The first-order valence-corrected chi connectivity index (χ1v) is 8.21. The Hall–Kier alpha value is -1.35. The molecule has 0 spiro atoms. The summed E-state index contributed by atoms with van der Waals surface area (Å²) in [5.41, 5.74) is 3.75. The van der Waals surface area contributed by atoms with Gasteiger partial charge in [0, 0.05) is 10.6 Å². The summed E-state index contributed by atoms with van der Waals surface area (Å²) in [6.45, 7) is 8.59. The van der Waals surface area contributed by atoms with Crippen molar-refractivity contribution in [3.8, 4) is 0 Å². The third-order valence-corrected chi connectivity index (χ3v) is 4.74. The molecule has 1 atom stereocenters. The second kappa shape index (κ2) is 6.89. The highest BCUT2D eigenvalue weighted by Gasteiger charge is 2.12. The first-order valence-electron chi connectivity index (χ1n) is 7.39. The van der Waals surface area contributed by atoms with E-state index in [1.807, 2.05) is 0 Å². The van der Waals surface area contributed by atoms with Crippen LogP contribution in [-0.4, -0.2) is 4.98 Å². The predicted octanol–water partition coefficient (Wildman–Crippen LogP) is 5.28. The normalized spacial score (nSPS) is 12.4. The molecule has 2 nitrogen and oxygen atoms in total. The van der Waals surface area contributed by atoms with Crippen molar-refractivity contribution < 1.29 is 0 Å². The molecule has 20 heavy (non-hydrogen) atoms. The molecular formula is C17H24N2S. The van der Waals surface area contributed by atoms with E-state index in [9.17, 15) is 0 Å². The summed E-state index contributed by atoms with van der Waals surface area (Å²) < 4.78 is 0. The average Bonchev–Trinajstić information content (AvgIpc) is 2.77. The number of rotatable bonds is 6. The Balaban J connectivity index is 2.00. The molecule has 2 aromatic rings. The van der Waals surface area contributed by atoms with Crippen molar-refractivity contribution >= 4 is 17.0 Å². The molecule has 0 saturated carbocycles. The Morgan fingerprint density at radius 3 is 2.45 bits per heavy atom. The topological polar surface area (TPSA) is 24.9 Å². The summed E-state index contributed by atoms with van der Waals surface area (Å²) in [4.78, 5) is 5.83. The molecule has 1 heterocycles. The molecule has 0 amide bonds. The minimum Gasteiger partial charge on any atom is -0.378 e. The Bertz CT molecular complexity index is 543. The maximum atomic E-state index is 4.50. The SMILES string of the molecule is CCCCc1ccc(NC(C)c2sc(C)nc2C)cc1. The Morgan fingerprint density at radius 2 is 1.90 bits per heavy atom. The summed E-state index contributed by atoms with van der Waals surface area (Å²) in [5, 5.41) is 4.71. The number of benzene rings is 1. The first-order chi connectivity index (χ1) is 9.60. The average molecular weight is 288 g/mol. The van der Waals surface area contributed by atoms with Gasteiger partial charge in [0.15, 0.2) is 0 Å². The van der Waals surface area contributed by atoms with Gasteiger partial charge >= 0.3 is 0 Å². The van der Waals surface area contributed by atoms with E-state index in [0.717, 1.165) is 10.7 Å². The van der Waals surface area contributed by atoms with Crippen LogP contribution < -0.4 is 5.32 Å². The lowest BCUT2D eigenvalue weighted by atomic mass is 10.1.